The van der Waals surface area contributed by atoms with Gasteiger partial charge in [0.1, 0.15) is 0 Å². The van der Waals surface area contributed by atoms with E-state index in [-0.39, 0.29) is 0 Å². The fraction of sp³-hybridized carbons (Fsp3) is 0.935. The quantitative estimate of drug-likeness (QED) is 0.0672. The average Bonchev–Trinajstić information content (AvgIpc) is 2.79. The molecule has 0 saturated carbocycles. The molecular formula is C31H65P. The summed E-state index contributed by atoms with van der Waals surface area (Å²) in [5, 5.41) is 0. The van der Waals surface area contributed by atoms with Crippen LogP contribution in [-0.4, -0.2) is 31.3 Å². The molecular weight excluding hydrogens is 403 g/mol. The maximum atomic E-state index is 4.17. The Kier molecular flexibility index (Phi) is 21.8. The molecule has 0 bridgehead atoms. The molecule has 194 valence electrons. The van der Waals surface area contributed by atoms with E-state index in [1.807, 2.05) is 0 Å². The van der Waals surface area contributed by atoms with Crippen LogP contribution in [0.3, 0.4) is 0 Å². The zero-order valence-corrected chi connectivity index (χ0v) is 24.3. The van der Waals surface area contributed by atoms with Crippen LogP contribution in [0.1, 0.15) is 156 Å². The Labute approximate surface area is 206 Å². The minimum absolute atomic E-state index is 1.34. The first-order valence-electron chi connectivity index (χ1n) is 15.1. The minimum Gasteiger partial charge on any atom is -0.0654 e. The Hall–Kier alpha value is 0.170. The second kappa shape index (κ2) is 21.7. The molecule has 0 spiro atoms. The molecule has 0 amide bonds. The predicted octanol–water partition coefficient (Wildman–Crippen LogP) is 11.6. The van der Waals surface area contributed by atoms with Crippen molar-refractivity contribution in [3.8, 4) is 0 Å². The van der Waals surface area contributed by atoms with E-state index >= 15 is 0 Å². The maximum absolute atomic E-state index is 4.17. The van der Waals surface area contributed by atoms with Gasteiger partial charge in [0.05, 0.1) is 0 Å². The van der Waals surface area contributed by atoms with Gasteiger partial charge < -0.3 is 0 Å². The molecule has 0 aliphatic carbocycles. The molecule has 32 heavy (non-hydrogen) atoms. The van der Waals surface area contributed by atoms with Crippen LogP contribution < -0.4 is 0 Å². The van der Waals surface area contributed by atoms with Crippen molar-refractivity contribution < 1.29 is 0 Å². The van der Waals surface area contributed by atoms with Gasteiger partial charge in [-0.1, -0.05) is 45.4 Å². The summed E-state index contributed by atoms with van der Waals surface area (Å²) in [5.41, 5.74) is 0. The van der Waals surface area contributed by atoms with Crippen LogP contribution in [0.25, 0.3) is 0 Å². The van der Waals surface area contributed by atoms with Crippen molar-refractivity contribution in [1.29, 1.82) is 0 Å². The third-order valence-electron chi connectivity index (χ3n) is 8.08. The zero-order chi connectivity index (χ0) is 23.8. The van der Waals surface area contributed by atoms with Crippen LogP contribution in [0.5, 0.6) is 0 Å². The molecule has 0 aromatic heterocycles. The van der Waals surface area contributed by atoms with Crippen molar-refractivity contribution in [1.82, 2.24) is 0 Å². The van der Waals surface area contributed by atoms with Gasteiger partial charge >= 0.3 is 161 Å². The first-order chi connectivity index (χ1) is 15.5. The number of rotatable bonds is 26. The Morgan fingerprint density at radius 1 is 0.438 bits per heavy atom. The van der Waals surface area contributed by atoms with Crippen LogP contribution in [0.15, 0.2) is 12.7 Å². The molecule has 0 unspecified atom stereocenters. The van der Waals surface area contributed by atoms with Gasteiger partial charge in [-0.15, -0.1) is 0 Å². The van der Waals surface area contributed by atoms with Crippen molar-refractivity contribution in [3.63, 3.8) is 0 Å². The summed E-state index contributed by atoms with van der Waals surface area (Å²) in [5.74, 6) is 0. The van der Waals surface area contributed by atoms with Gasteiger partial charge in [0.2, 0.25) is 0 Å². The Bertz CT molecular complexity index is 391. The van der Waals surface area contributed by atoms with Crippen molar-refractivity contribution in [2.75, 3.05) is 31.3 Å². The van der Waals surface area contributed by atoms with Crippen molar-refractivity contribution in [2.24, 2.45) is 0 Å². The average molecular weight is 469 g/mol. The molecule has 0 atom stereocenters. The second-order valence-electron chi connectivity index (χ2n) is 11.6. The summed E-state index contributed by atoms with van der Waals surface area (Å²) in [6, 6.07) is 0. The molecule has 0 N–H and O–H groups in total. The van der Waals surface area contributed by atoms with E-state index in [1.165, 1.54) is 159 Å². The van der Waals surface area contributed by atoms with Crippen LogP contribution >= 0.6 is 6.60 Å². The summed E-state index contributed by atoms with van der Waals surface area (Å²) in [7, 11) is 0. The standard InChI is InChI=1S/C31H65P/c1-6-10-13-14-15-16-17-18-19-20-21-22-23-24-25-26-27-31-32(5,28-9-4,29-11-7-2)30-12-8-3/h9H,4,6-8,10-31H2,1-3,5H3. The molecule has 0 aromatic carbocycles. The fourth-order valence-corrected chi connectivity index (χ4v) is 11.5. The molecule has 0 fully saturated rings. The van der Waals surface area contributed by atoms with Gasteiger partial charge in [-0.3, -0.25) is 0 Å². The smallest absolute Gasteiger partial charge is 0.0654 e. The SMILES string of the molecule is C=CCP(C)(CCCC)(CCCC)CCCCCCCCCCCCCCCCCCC. The van der Waals surface area contributed by atoms with Crippen LogP contribution in [0, 0.1) is 0 Å². The molecule has 1 heteroatoms. The molecule has 0 aliphatic heterocycles. The summed E-state index contributed by atoms with van der Waals surface area (Å²) in [6.45, 7) is 12.4. The Morgan fingerprint density at radius 3 is 1.03 bits per heavy atom. The number of allylic oxidation sites excluding steroid dienone is 1. The van der Waals surface area contributed by atoms with Crippen LogP contribution in [-0.2, 0) is 0 Å². The molecule has 0 radical (unpaired) electrons. The van der Waals surface area contributed by atoms with Crippen molar-refractivity contribution in [2.45, 2.75) is 156 Å². The fourth-order valence-electron chi connectivity index (χ4n) is 5.65. The first kappa shape index (κ1) is 32.2. The van der Waals surface area contributed by atoms with Crippen molar-refractivity contribution >= 4 is 6.60 Å². The first-order valence-corrected chi connectivity index (χ1v) is 18.6. The Balaban J connectivity index is 3.75. The van der Waals surface area contributed by atoms with Gasteiger partial charge in [0.25, 0.3) is 0 Å². The molecule has 0 aromatic rings. The van der Waals surface area contributed by atoms with Gasteiger partial charge in [-0.2, -0.15) is 0 Å². The van der Waals surface area contributed by atoms with E-state index in [1.54, 1.807) is 0 Å². The van der Waals surface area contributed by atoms with E-state index in [0.29, 0.717) is 0 Å². The summed E-state index contributed by atoms with van der Waals surface area (Å²) >= 11 is 0. The van der Waals surface area contributed by atoms with Gasteiger partial charge in [0, 0.05) is 0 Å². The summed E-state index contributed by atoms with van der Waals surface area (Å²) in [6.07, 6.45) is 38.8. The van der Waals surface area contributed by atoms with Crippen molar-refractivity contribution in [3.05, 3.63) is 12.7 Å². The third-order valence-corrected chi connectivity index (χ3v) is 14.6. The van der Waals surface area contributed by atoms with E-state index < -0.39 is 6.60 Å². The number of unbranched alkanes of at least 4 members (excludes halogenated alkanes) is 18. The molecule has 0 aliphatic rings. The van der Waals surface area contributed by atoms with Gasteiger partial charge in [0.15, 0.2) is 0 Å². The summed E-state index contributed by atoms with van der Waals surface area (Å²) < 4.78 is 0. The normalized spacial score (nSPS) is 13.2. The third kappa shape index (κ3) is 17.6. The van der Waals surface area contributed by atoms with Gasteiger partial charge in [-0.05, 0) is 0 Å². The molecule has 0 rings (SSSR count). The minimum atomic E-state index is -1.55. The van der Waals surface area contributed by atoms with E-state index in [9.17, 15) is 0 Å². The van der Waals surface area contributed by atoms with Crippen LogP contribution in [0.2, 0.25) is 0 Å². The number of hydrogen-bond donors (Lipinski definition) is 0. The predicted molar refractivity (Wildman–Crippen MR) is 156 cm³/mol. The van der Waals surface area contributed by atoms with Crippen LogP contribution in [0.4, 0.5) is 0 Å². The topological polar surface area (TPSA) is 0 Å². The molecule has 0 saturated heterocycles. The Morgan fingerprint density at radius 2 is 0.719 bits per heavy atom. The van der Waals surface area contributed by atoms with E-state index in [0.717, 1.165) is 0 Å². The van der Waals surface area contributed by atoms with E-state index in [4.69, 9.17) is 0 Å². The second-order valence-corrected chi connectivity index (χ2v) is 18.5. The molecule has 0 nitrogen and oxygen atoms in total. The monoisotopic (exact) mass is 468 g/mol. The molecule has 0 heterocycles. The summed E-state index contributed by atoms with van der Waals surface area (Å²) in [4.78, 5) is 0. The number of hydrogen-bond acceptors (Lipinski definition) is 0. The van der Waals surface area contributed by atoms with Gasteiger partial charge in [-0.25, -0.2) is 0 Å². The van der Waals surface area contributed by atoms with E-state index in [2.05, 4.69) is 40.1 Å². The zero-order valence-electron chi connectivity index (χ0n) is 23.4.